The van der Waals surface area contributed by atoms with E-state index < -0.39 is 12.2 Å². The summed E-state index contributed by atoms with van der Waals surface area (Å²) < 4.78 is 10.5. The number of allylic oxidation sites excluding steroid dienone is 5. The van der Waals surface area contributed by atoms with Gasteiger partial charge in [-0.25, -0.2) is 0 Å². The van der Waals surface area contributed by atoms with Crippen molar-refractivity contribution in [2.75, 3.05) is 13.2 Å². The molecule has 0 amide bonds. The molecule has 6 nitrogen and oxygen atoms in total. The normalized spacial score (nSPS) is 14.0. The number of hydrogen-bond donors (Lipinski definition) is 2. The number of rotatable bonds is 31. The summed E-state index contributed by atoms with van der Waals surface area (Å²) >= 11 is 0. The first-order chi connectivity index (χ1) is 21.4. The topological polar surface area (TPSA) is 93.1 Å². The van der Waals surface area contributed by atoms with E-state index in [9.17, 15) is 19.8 Å². The van der Waals surface area contributed by atoms with E-state index in [1.165, 1.54) is 57.8 Å². The lowest BCUT2D eigenvalue weighted by Gasteiger charge is -2.15. The van der Waals surface area contributed by atoms with E-state index >= 15 is 0 Å². The van der Waals surface area contributed by atoms with Gasteiger partial charge in [0.1, 0.15) is 6.61 Å². The van der Waals surface area contributed by atoms with Crippen molar-refractivity contribution in [2.24, 2.45) is 5.92 Å². The smallest absolute Gasteiger partial charge is 0.306 e. The van der Waals surface area contributed by atoms with Gasteiger partial charge in [0.25, 0.3) is 0 Å². The van der Waals surface area contributed by atoms with Crippen LogP contribution in [0.4, 0.5) is 0 Å². The summed E-state index contributed by atoms with van der Waals surface area (Å²) in [7, 11) is 0. The van der Waals surface area contributed by atoms with Gasteiger partial charge in [-0.15, -0.1) is 0 Å². The van der Waals surface area contributed by atoms with Gasteiger partial charge < -0.3 is 19.7 Å². The average Bonchev–Trinajstić information content (AvgIpc) is 3.02. The zero-order valence-electron chi connectivity index (χ0n) is 28.7. The molecule has 256 valence electrons. The third-order valence-electron chi connectivity index (χ3n) is 8.09. The van der Waals surface area contributed by atoms with Crippen LogP contribution in [0.1, 0.15) is 162 Å². The van der Waals surface area contributed by atoms with Crippen molar-refractivity contribution in [2.45, 2.75) is 174 Å². The van der Waals surface area contributed by atoms with Gasteiger partial charge in [0.15, 0.2) is 6.10 Å². The number of aliphatic hydroxyl groups is 2. The molecule has 2 unspecified atom stereocenters. The van der Waals surface area contributed by atoms with Crippen LogP contribution >= 0.6 is 0 Å². The van der Waals surface area contributed by atoms with Gasteiger partial charge >= 0.3 is 11.9 Å². The Morgan fingerprint density at radius 3 is 1.80 bits per heavy atom. The highest BCUT2D eigenvalue weighted by atomic mass is 16.6. The quantitative estimate of drug-likeness (QED) is 0.0347. The molecule has 0 saturated heterocycles. The lowest BCUT2D eigenvalue weighted by Crippen LogP contribution is -2.28. The van der Waals surface area contributed by atoms with Crippen LogP contribution < -0.4 is 0 Å². The summed E-state index contributed by atoms with van der Waals surface area (Å²) in [5, 5.41) is 19.6. The predicted octanol–water partition coefficient (Wildman–Crippen LogP) is 9.72. The molecule has 2 N–H and O–H groups in total. The molecule has 0 radical (unpaired) electrons. The van der Waals surface area contributed by atoms with Crippen LogP contribution in [0.15, 0.2) is 36.5 Å². The minimum absolute atomic E-state index is 0.102. The number of esters is 2. The van der Waals surface area contributed by atoms with E-state index in [1.54, 1.807) is 0 Å². The Bertz CT molecular complexity index is 744. The summed E-state index contributed by atoms with van der Waals surface area (Å²) in [6, 6.07) is 0. The fourth-order valence-corrected chi connectivity index (χ4v) is 4.95. The fraction of sp³-hybridized carbons (Fsp3) is 0.789. The maximum Gasteiger partial charge on any atom is 0.306 e. The molecule has 0 spiro atoms. The Labute approximate surface area is 270 Å². The first-order valence-corrected chi connectivity index (χ1v) is 18.0. The maximum atomic E-state index is 12.1. The molecular formula is C38H68O6. The van der Waals surface area contributed by atoms with Crippen molar-refractivity contribution in [1.29, 1.82) is 0 Å². The van der Waals surface area contributed by atoms with Crippen molar-refractivity contribution in [3.05, 3.63) is 36.5 Å². The molecule has 0 heterocycles. The Balaban J connectivity index is 3.68. The Hall–Kier alpha value is -1.92. The van der Waals surface area contributed by atoms with Crippen molar-refractivity contribution in [3.8, 4) is 0 Å². The molecule has 6 heteroatoms. The van der Waals surface area contributed by atoms with E-state index in [0.29, 0.717) is 12.8 Å². The minimum Gasteiger partial charge on any atom is -0.462 e. The number of unbranched alkanes of at least 4 members (excludes halogenated alkanes) is 13. The van der Waals surface area contributed by atoms with E-state index in [2.05, 4.69) is 39.0 Å². The summed E-state index contributed by atoms with van der Waals surface area (Å²) in [5.74, 6) is 0.201. The van der Waals surface area contributed by atoms with E-state index in [1.807, 2.05) is 18.2 Å². The van der Waals surface area contributed by atoms with Gasteiger partial charge in [-0.05, 0) is 38.0 Å². The van der Waals surface area contributed by atoms with Crippen LogP contribution in [0.25, 0.3) is 0 Å². The summed E-state index contributed by atoms with van der Waals surface area (Å²) in [5.41, 5.74) is 0. The van der Waals surface area contributed by atoms with Crippen LogP contribution in [0.2, 0.25) is 0 Å². The Morgan fingerprint density at radius 1 is 0.682 bits per heavy atom. The zero-order chi connectivity index (χ0) is 32.5. The largest absolute Gasteiger partial charge is 0.462 e. The molecule has 0 saturated carbocycles. The molecular weight excluding hydrogens is 552 g/mol. The van der Waals surface area contributed by atoms with Crippen molar-refractivity contribution >= 4 is 11.9 Å². The second kappa shape index (κ2) is 32.5. The third kappa shape index (κ3) is 30.1. The molecule has 0 bridgehead atoms. The number of ether oxygens (including phenoxy) is 2. The van der Waals surface area contributed by atoms with Crippen LogP contribution in [0.5, 0.6) is 0 Å². The fourth-order valence-electron chi connectivity index (χ4n) is 4.95. The van der Waals surface area contributed by atoms with Gasteiger partial charge in [-0.3, -0.25) is 9.59 Å². The van der Waals surface area contributed by atoms with E-state index in [-0.39, 0.29) is 25.2 Å². The van der Waals surface area contributed by atoms with Crippen LogP contribution in [-0.4, -0.2) is 47.6 Å². The first-order valence-electron chi connectivity index (χ1n) is 18.0. The molecule has 0 aromatic rings. The summed E-state index contributed by atoms with van der Waals surface area (Å²) in [6.45, 7) is 6.27. The van der Waals surface area contributed by atoms with Crippen LogP contribution in [0, 0.1) is 5.92 Å². The van der Waals surface area contributed by atoms with Gasteiger partial charge in [-0.1, -0.05) is 154 Å². The van der Waals surface area contributed by atoms with E-state index in [4.69, 9.17) is 9.47 Å². The van der Waals surface area contributed by atoms with Gasteiger partial charge in [0.2, 0.25) is 0 Å². The molecule has 44 heavy (non-hydrogen) atoms. The highest BCUT2D eigenvalue weighted by Crippen LogP contribution is 2.16. The lowest BCUT2D eigenvalue weighted by molar-refractivity contribution is -0.161. The molecule has 3 atom stereocenters. The maximum absolute atomic E-state index is 12.1. The highest BCUT2D eigenvalue weighted by molar-refractivity contribution is 5.70. The molecule has 0 rings (SSSR count). The molecule has 0 aliphatic carbocycles. The lowest BCUT2D eigenvalue weighted by atomic mass is 9.99. The van der Waals surface area contributed by atoms with Crippen molar-refractivity contribution in [3.63, 3.8) is 0 Å². The number of hydrogen-bond acceptors (Lipinski definition) is 6. The summed E-state index contributed by atoms with van der Waals surface area (Å²) in [4.78, 5) is 24.2. The van der Waals surface area contributed by atoms with Crippen LogP contribution in [0.3, 0.4) is 0 Å². The predicted molar refractivity (Wildman–Crippen MR) is 183 cm³/mol. The monoisotopic (exact) mass is 621 g/mol. The Morgan fingerprint density at radius 2 is 1.23 bits per heavy atom. The van der Waals surface area contributed by atoms with Gasteiger partial charge in [0.05, 0.1) is 12.7 Å². The zero-order valence-corrected chi connectivity index (χ0v) is 28.7. The second-order valence-corrected chi connectivity index (χ2v) is 12.4. The van der Waals surface area contributed by atoms with Gasteiger partial charge in [0, 0.05) is 12.8 Å². The van der Waals surface area contributed by atoms with Crippen molar-refractivity contribution < 1.29 is 29.3 Å². The standard InChI is InChI=1S/C38H68O6/c1-4-6-7-8-13-18-23-28-35(40)29-24-19-16-21-25-30-37(41)43-33-36(32-39)44-38(42)31-26-20-15-12-10-9-11-14-17-22-27-34(3)5-2/h6-7,13,18,23,28,34-36,39-40H,4-5,8-12,14-17,19-22,24-27,29-33H2,1-3H3/b7-6+,18-13+,28-23+/t34?,35?,36-/m0/s1. The number of carbonyl (C=O) groups excluding carboxylic acids is 2. The van der Waals surface area contributed by atoms with Gasteiger partial charge in [-0.2, -0.15) is 0 Å². The SMILES string of the molecule is CC/C=C/C/C=C/C=C/C(O)CCCCCCCC(=O)OC[C@H](CO)OC(=O)CCCCCCCCCCCCC(C)CC. The highest BCUT2D eigenvalue weighted by Gasteiger charge is 2.16. The molecule has 0 fully saturated rings. The first kappa shape index (κ1) is 42.1. The average molecular weight is 621 g/mol. The minimum atomic E-state index is -0.800. The van der Waals surface area contributed by atoms with Crippen molar-refractivity contribution in [1.82, 2.24) is 0 Å². The Kier molecular flexibility index (Phi) is 31.1. The number of aliphatic hydroxyl groups excluding tert-OH is 2. The second-order valence-electron chi connectivity index (χ2n) is 12.4. The molecule has 0 aromatic carbocycles. The third-order valence-corrected chi connectivity index (χ3v) is 8.09. The van der Waals surface area contributed by atoms with E-state index in [0.717, 1.165) is 76.5 Å². The summed E-state index contributed by atoms with van der Waals surface area (Å²) in [6.07, 6.45) is 33.6. The number of carbonyl (C=O) groups is 2. The molecule has 0 aliphatic rings. The molecule has 0 aliphatic heterocycles. The van der Waals surface area contributed by atoms with Crippen LogP contribution in [-0.2, 0) is 19.1 Å². The molecule has 0 aromatic heterocycles.